The lowest BCUT2D eigenvalue weighted by atomic mass is 9.49. The average molecular weight is 940 g/mol. The van der Waals surface area contributed by atoms with Crippen molar-refractivity contribution in [1.82, 2.24) is 9.99 Å². The fourth-order valence-electron chi connectivity index (χ4n) is 10.2. The van der Waals surface area contributed by atoms with Gasteiger partial charge in [0.2, 0.25) is 11.8 Å². The number of hydrogen-bond donors (Lipinski definition) is 2. The molecule has 17 heteroatoms. The molecule has 5 aromatic rings. The summed E-state index contributed by atoms with van der Waals surface area (Å²) in [4.78, 5) is 64.8. The number of ether oxygens (including phenoxy) is 3. The molecule has 3 heterocycles. The van der Waals surface area contributed by atoms with Crippen LogP contribution < -0.4 is 24.5 Å². The molecule has 4 amide bonds. The van der Waals surface area contributed by atoms with E-state index in [1.165, 1.54) is 24.1 Å². The van der Waals surface area contributed by atoms with Gasteiger partial charge in [0.05, 0.1) is 60.8 Å². The smallest absolute Gasteiger partial charge is 0.417 e. The molecule has 3 fully saturated rings. The molecule has 2 saturated heterocycles. The van der Waals surface area contributed by atoms with Gasteiger partial charge in [-0.15, -0.1) is 0 Å². The number of carbonyl (C=O) groups excluding carboxylic acids is 4. The highest BCUT2D eigenvalue weighted by Crippen LogP contribution is 2.64. The van der Waals surface area contributed by atoms with Crippen molar-refractivity contribution in [1.29, 1.82) is 0 Å². The number of aromatic nitrogens is 1. The number of hydrogen-bond acceptors (Lipinski definition) is 10. The Morgan fingerprint density at radius 1 is 0.818 bits per heavy atom. The van der Waals surface area contributed by atoms with Crippen molar-refractivity contribution in [3.63, 3.8) is 0 Å². The van der Waals surface area contributed by atoms with Crippen LogP contribution in [0.2, 0.25) is 10.0 Å². The number of fused-ring (bicyclic) bond motifs is 4. The third-order valence-corrected chi connectivity index (χ3v) is 13.7. The predicted molar refractivity (Wildman–Crippen MR) is 239 cm³/mol. The van der Waals surface area contributed by atoms with Crippen molar-refractivity contribution < 1.29 is 51.7 Å². The van der Waals surface area contributed by atoms with Crippen LogP contribution in [0, 0.1) is 23.7 Å². The number of nitrogens with one attached hydrogen (secondary N) is 1. The van der Waals surface area contributed by atoms with Gasteiger partial charge in [-0.3, -0.25) is 29.5 Å². The topological polar surface area (TPSA) is 148 Å². The summed E-state index contributed by atoms with van der Waals surface area (Å²) >= 11 is 12.7. The highest BCUT2D eigenvalue weighted by molar-refractivity contribution is 6.33. The molecule has 2 aliphatic carbocycles. The maximum atomic E-state index is 15.5. The lowest BCUT2D eigenvalue weighted by Crippen LogP contribution is -2.53. The van der Waals surface area contributed by atoms with E-state index in [9.17, 15) is 27.9 Å². The number of halogens is 5. The third-order valence-electron chi connectivity index (χ3n) is 13.1. The normalized spacial score (nSPS) is 23.7. The largest absolute Gasteiger partial charge is 0.504 e. The predicted octanol–water partition coefficient (Wildman–Crippen LogP) is 9.50. The van der Waals surface area contributed by atoms with Gasteiger partial charge in [-0.2, -0.15) is 18.2 Å². The first kappa shape index (κ1) is 44.4. The van der Waals surface area contributed by atoms with E-state index in [2.05, 4.69) is 10.4 Å². The second-order valence-electron chi connectivity index (χ2n) is 16.4. The molecule has 2 aliphatic heterocycles. The summed E-state index contributed by atoms with van der Waals surface area (Å²) in [6.07, 6.45) is 1.35. The number of phenols is 1. The molecule has 338 valence electrons. The van der Waals surface area contributed by atoms with Gasteiger partial charge in [0.15, 0.2) is 17.3 Å². The van der Waals surface area contributed by atoms with E-state index >= 15 is 9.59 Å². The number of nitrogens with zero attached hydrogens (tertiary/aromatic N) is 3. The fraction of sp³-hybridized carbons (Fsp3) is 0.245. The Morgan fingerprint density at radius 2 is 1.53 bits per heavy atom. The molecule has 4 aromatic carbocycles. The molecule has 66 heavy (non-hydrogen) atoms. The Labute approximate surface area is 386 Å². The summed E-state index contributed by atoms with van der Waals surface area (Å²) in [5.74, 6) is -6.53. The number of anilines is 2. The Hall–Kier alpha value is -6.84. The Morgan fingerprint density at radius 3 is 2.18 bits per heavy atom. The van der Waals surface area contributed by atoms with Crippen LogP contribution in [0.1, 0.15) is 46.6 Å². The monoisotopic (exact) mass is 938 g/mol. The van der Waals surface area contributed by atoms with Gasteiger partial charge >= 0.3 is 6.18 Å². The second kappa shape index (κ2) is 16.9. The fourth-order valence-corrected chi connectivity index (χ4v) is 10.5. The van der Waals surface area contributed by atoms with E-state index in [-0.39, 0.29) is 30.2 Å². The summed E-state index contributed by atoms with van der Waals surface area (Å²) in [5.41, 5.74) is 2.92. The van der Waals surface area contributed by atoms with Gasteiger partial charge < -0.3 is 19.3 Å². The molecule has 9 rings (SSSR count). The molecule has 6 unspecified atom stereocenters. The van der Waals surface area contributed by atoms with Crippen molar-refractivity contribution in [3.8, 4) is 23.0 Å². The van der Waals surface area contributed by atoms with Gasteiger partial charge in [-0.1, -0.05) is 77.3 Å². The molecular weight excluding hydrogens is 900 g/mol. The molecule has 12 nitrogen and oxygen atoms in total. The quantitative estimate of drug-likeness (QED) is 0.0789. The van der Waals surface area contributed by atoms with Crippen LogP contribution in [0.15, 0.2) is 109 Å². The first-order valence-corrected chi connectivity index (χ1v) is 21.4. The highest BCUT2D eigenvalue weighted by Gasteiger charge is 2.70. The van der Waals surface area contributed by atoms with Crippen molar-refractivity contribution in [2.24, 2.45) is 23.7 Å². The number of amides is 4. The number of carbonyl (C=O) groups is 4. The van der Waals surface area contributed by atoms with Crippen molar-refractivity contribution >= 4 is 70.5 Å². The van der Waals surface area contributed by atoms with Crippen LogP contribution >= 0.6 is 23.2 Å². The minimum Gasteiger partial charge on any atom is -0.504 e. The van der Waals surface area contributed by atoms with E-state index in [0.717, 1.165) is 11.1 Å². The van der Waals surface area contributed by atoms with E-state index in [0.29, 0.717) is 56.2 Å². The van der Waals surface area contributed by atoms with E-state index in [1.54, 1.807) is 80.9 Å². The molecular formula is C49H39Cl2F3N4O8. The zero-order chi connectivity index (χ0) is 46.8. The number of benzene rings is 4. The minimum absolute atomic E-state index is 0.0878. The van der Waals surface area contributed by atoms with Crippen LogP contribution in [-0.4, -0.2) is 60.1 Å². The molecule has 1 aromatic heterocycles. The molecule has 0 bridgehead atoms. The number of hydrazine groups is 1. The summed E-state index contributed by atoms with van der Waals surface area (Å²) in [5, 5.41) is 11.7. The molecule has 1 saturated carbocycles. The first-order chi connectivity index (χ1) is 31.6. The molecule has 2 N–H and O–H groups in total. The summed E-state index contributed by atoms with van der Waals surface area (Å²) in [6.45, 7) is 0. The summed E-state index contributed by atoms with van der Waals surface area (Å²) in [7, 11) is 4.52. The Bertz CT molecular complexity index is 2870. The maximum absolute atomic E-state index is 15.5. The summed E-state index contributed by atoms with van der Waals surface area (Å²) < 4.78 is 57.0. The van der Waals surface area contributed by atoms with Crippen LogP contribution in [0.3, 0.4) is 0 Å². The number of allylic oxidation sites excluding steroid dienone is 2. The third kappa shape index (κ3) is 7.21. The van der Waals surface area contributed by atoms with Crippen LogP contribution in [0.25, 0.3) is 12.2 Å². The first-order valence-electron chi connectivity index (χ1n) is 20.7. The molecule has 0 spiro atoms. The SMILES string of the molecule is COc1ccc(OC)c(C=Cc2ccc(N3C(=O)C4CC=C5C(CC6C(=O)N(Nc7ncc(C(F)(F)F)cc7Cl)C(=O)C6(c6ccc(Cl)cc6)C5c5ccc(OC)c(O)c5)C4C3=O)cc2)c1. The molecule has 6 atom stereocenters. The van der Waals surface area contributed by atoms with E-state index in [4.69, 9.17) is 37.4 Å². The number of imide groups is 2. The number of phenolic OH excluding ortho intramolecular Hbond substituents is 1. The van der Waals surface area contributed by atoms with Crippen molar-refractivity contribution in [3.05, 3.63) is 147 Å². The van der Waals surface area contributed by atoms with E-state index in [1.807, 2.05) is 24.3 Å². The number of aromatic hydroxyl groups is 1. The highest BCUT2D eigenvalue weighted by atomic mass is 35.5. The zero-order valence-electron chi connectivity index (χ0n) is 35.3. The minimum atomic E-state index is -4.77. The zero-order valence-corrected chi connectivity index (χ0v) is 36.8. The number of methoxy groups -OCH3 is 3. The number of rotatable bonds is 10. The average Bonchev–Trinajstić information content (AvgIpc) is 3.69. The molecule has 4 aliphatic rings. The van der Waals surface area contributed by atoms with Crippen LogP contribution in [-0.2, 0) is 30.8 Å². The Balaban J connectivity index is 1.12. The van der Waals surface area contributed by atoms with Crippen LogP contribution in [0.5, 0.6) is 23.0 Å². The molecule has 0 radical (unpaired) electrons. The summed E-state index contributed by atoms with van der Waals surface area (Å²) in [6, 6.07) is 24.0. The van der Waals surface area contributed by atoms with Gasteiger partial charge in [0, 0.05) is 22.7 Å². The number of alkyl halides is 3. The second-order valence-corrected chi connectivity index (χ2v) is 17.2. The van der Waals surface area contributed by atoms with Gasteiger partial charge in [-0.05, 0) is 96.1 Å². The van der Waals surface area contributed by atoms with Gasteiger partial charge in [0.1, 0.15) is 11.5 Å². The maximum Gasteiger partial charge on any atom is 0.417 e. The van der Waals surface area contributed by atoms with Gasteiger partial charge in [-0.25, -0.2) is 4.98 Å². The number of pyridine rings is 1. The van der Waals surface area contributed by atoms with Crippen LogP contribution in [0.4, 0.5) is 24.7 Å². The standard InChI is InChI=1S/C49H39Cl2F3N4O8/c1-64-32-15-19-39(65-2)26(20-32)7-4-25-5-13-31(14-6-25)57-44(60)34-17-16-33-35(41(34)46(57)62)23-36-45(61)58(56-43-37(51)22-29(24-55-43)49(52,53)54)47(63)48(36,28-9-11-30(50)12-10-28)42(33)27-8-18-40(66-3)38(59)21-27/h4-16,18-22,24,34-36,41-42,59H,17,23H2,1-3H3,(H,55,56). The Kier molecular flexibility index (Phi) is 11.3. The van der Waals surface area contributed by atoms with Gasteiger partial charge in [0.25, 0.3) is 11.8 Å². The lowest BCUT2D eigenvalue weighted by Gasteiger charge is -2.50. The van der Waals surface area contributed by atoms with E-state index < -0.39 is 75.4 Å². The van der Waals surface area contributed by atoms with Crippen molar-refractivity contribution in [2.75, 3.05) is 31.7 Å². The lowest BCUT2D eigenvalue weighted by molar-refractivity contribution is -0.139. The van der Waals surface area contributed by atoms with Crippen molar-refractivity contribution in [2.45, 2.75) is 30.4 Å².